The molecule has 1 heterocycles. The van der Waals surface area contributed by atoms with Gasteiger partial charge in [0.25, 0.3) is 0 Å². The number of carbonyl (C=O) groups excluding carboxylic acids is 4. The molecule has 14 nitrogen and oxygen atoms in total. The first kappa shape index (κ1) is 47.5. The molecule has 65 heavy (non-hydrogen) atoms. The number of methoxy groups -OCH3 is 3. The van der Waals surface area contributed by atoms with Gasteiger partial charge >= 0.3 is 24.0 Å². The average molecular weight is 899 g/mol. The van der Waals surface area contributed by atoms with Crippen LogP contribution in [0.4, 0.5) is 4.79 Å². The topological polar surface area (TPSA) is 166 Å². The van der Waals surface area contributed by atoms with Crippen molar-refractivity contribution in [2.75, 3.05) is 47.6 Å². The third kappa shape index (κ3) is 11.7. The van der Waals surface area contributed by atoms with Gasteiger partial charge in [0.15, 0.2) is 23.0 Å². The van der Waals surface area contributed by atoms with E-state index < -0.39 is 29.7 Å². The quantitative estimate of drug-likeness (QED) is 0.0489. The Morgan fingerprint density at radius 2 is 1.46 bits per heavy atom. The highest BCUT2D eigenvalue weighted by Crippen LogP contribution is 2.66. The van der Waals surface area contributed by atoms with Crippen molar-refractivity contribution in [2.24, 2.45) is 34.0 Å². The third-order valence-corrected chi connectivity index (χ3v) is 13.6. The fourth-order valence-corrected chi connectivity index (χ4v) is 11.6. The number of hydrogen-bond acceptors (Lipinski definition) is 13. The lowest BCUT2D eigenvalue weighted by molar-refractivity contribution is -0.176. The van der Waals surface area contributed by atoms with Crippen LogP contribution < -0.4 is 34.3 Å². The normalized spacial score (nSPS) is 25.8. The van der Waals surface area contributed by atoms with E-state index in [0.717, 1.165) is 30.4 Å². The first-order chi connectivity index (χ1) is 30.9. The smallest absolute Gasteiger partial charge is 0.410 e. The second-order valence-corrected chi connectivity index (χ2v) is 20.2. The molecule has 3 aromatic rings. The van der Waals surface area contributed by atoms with Gasteiger partial charge in [-0.05, 0) is 135 Å². The molecule has 4 aliphatic carbocycles. The van der Waals surface area contributed by atoms with Crippen molar-refractivity contribution >= 4 is 24.0 Å². The summed E-state index contributed by atoms with van der Waals surface area (Å²) in [5.41, 5.74) is 1.89. The van der Waals surface area contributed by atoms with Gasteiger partial charge < -0.3 is 48.5 Å². The number of rotatable bonds is 20. The van der Waals surface area contributed by atoms with Crippen molar-refractivity contribution in [3.8, 4) is 28.7 Å². The van der Waals surface area contributed by atoms with E-state index in [4.69, 9.17) is 37.9 Å². The van der Waals surface area contributed by atoms with Crippen LogP contribution in [0.3, 0.4) is 0 Å². The Morgan fingerprint density at radius 3 is 2.14 bits per heavy atom. The molecule has 5 aliphatic rings. The summed E-state index contributed by atoms with van der Waals surface area (Å²) >= 11 is 0. The Labute approximate surface area is 382 Å². The van der Waals surface area contributed by atoms with Crippen molar-refractivity contribution in [2.45, 2.75) is 104 Å². The Hall–Kier alpha value is -5.50. The molecule has 0 radical (unpaired) electrons. The molecule has 0 aromatic heterocycles. The van der Waals surface area contributed by atoms with Crippen LogP contribution in [0.15, 0.2) is 60.7 Å². The van der Waals surface area contributed by atoms with Gasteiger partial charge in [-0.25, -0.2) is 4.79 Å². The van der Waals surface area contributed by atoms with Crippen LogP contribution in [0.5, 0.6) is 28.7 Å². The molecule has 2 N–H and O–H groups in total. The van der Waals surface area contributed by atoms with E-state index in [0.29, 0.717) is 73.6 Å². The van der Waals surface area contributed by atoms with Crippen LogP contribution in [0.25, 0.3) is 0 Å². The first-order valence-corrected chi connectivity index (χ1v) is 22.8. The summed E-state index contributed by atoms with van der Waals surface area (Å²) in [6.45, 7) is 11.2. The van der Waals surface area contributed by atoms with Gasteiger partial charge in [0.2, 0.25) is 6.29 Å². The summed E-state index contributed by atoms with van der Waals surface area (Å²) in [6.07, 6.45) is 6.03. The van der Waals surface area contributed by atoms with Crippen molar-refractivity contribution < 1.29 is 57.1 Å². The summed E-state index contributed by atoms with van der Waals surface area (Å²) in [7, 11) is 4.68. The molecular formula is C51H66N2O12. The second kappa shape index (κ2) is 19.5. The van der Waals surface area contributed by atoms with Crippen LogP contribution in [-0.4, -0.2) is 83.5 Å². The lowest BCUT2D eigenvalue weighted by atomic mass is 9.43. The van der Waals surface area contributed by atoms with Gasteiger partial charge in [0.1, 0.15) is 12.4 Å². The number of nitrogens with one attached hydrogen (secondary N) is 2. The van der Waals surface area contributed by atoms with Crippen molar-refractivity contribution in [3.63, 3.8) is 0 Å². The molecular weight excluding hydrogens is 833 g/mol. The number of esters is 3. The van der Waals surface area contributed by atoms with Gasteiger partial charge in [-0.1, -0.05) is 38.1 Å². The molecule has 352 valence electrons. The molecule has 1 amide bonds. The second-order valence-electron chi connectivity index (χ2n) is 20.2. The number of alkyl carbamates (subject to hydrolysis) is 1. The Morgan fingerprint density at radius 1 is 0.800 bits per heavy atom. The first-order valence-electron chi connectivity index (χ1n) is 22.8. The van der Waals surface area contributed by atoms with E-state index in [1.165, 1.54) is 26.4 Å². The minimum Gasteiger partial charge on any atom is -0.493 e. The van der Waals surface area contributed by atoms with E-state index in [2.05, 4.69) is 24.5 Å². The maximum Gasteiger partial charge on any atom is 0.410 e. The highest BCUT2D eigenvalue weighted by molar-refractivity contribution is 5.77. The van der Waals surface area contributed by atoms with Gasteiger partial charge in [-0.15, -0.1) is 0 Å². The molecule has 1 saturated heterocycles. The van der Waals surface area contributed by atoms with E-state index in [-0.39, 0.29) is 46.3 Å². The zero-order valence-corrected chi connectivity index (χ0v) is 39.2. The zero-order valence-electron chi connectivity index (χ0n) is 39.2. The molecule has 3 aromatic carbocycles. The molecule has 3 unspecified atom stereocenters. The van der Waals surface area contributed by atoms with Crippen LogP contribution in [0.1, 0.15) is 89.8 Å². The SMILES string of the molecule is COc1ccc(C[C@H]2COC(=O)[C@@H]2Cc2ccc(OC(=O)Cc3cccc(OCCNCC(C)(C)C(=O)OC(C)OC(=O)NC45CC6CC(C)(CC(C)(C6)C4)C5)c3)c(OC)c2)cc1OC. The van der Waals surface area contributed by atoms with E-state index in [1.54, 1.807) is 65.3 Å². The number of hydrogen-bond donors (Lipinski definition) is 2. The van der Waals surface area contributed by atoms with Crippen molar-refractivity contribution in [1.82, 2.24) is 10.6 Å². The number of cyclic esters (lactones) is 1. The largest absolute Gasteiger partial charge is 0.493 e. The van der Waals surface area contributed by atoms with Gasteiger partial charge in [0, 0.05) is 31.5 Å². The fourth-order valence-electron chi connectivity index (χ4n) is 11.6. The highest BCUT2D eigenvalue weighted by Gasteiger charge is 2.60. The van der Waals surface area contributed by atoms with Crippen LogP contribution in [0.2, 0.25) is 0 Å². The Kier molecular flexibility index (Phi) is 14.3. The Balaban J connectivity index is 0.822. The monoisotopic (exact) mass is 898 g/mol. The molecule has 14 heteroatoms. The molecule has 0 spiro atoms. The van der Waals surface area contributed by atoms with Gasteiger partial charge in [-0.2, -0.15) is 0 Å². The van der Waals surface area contributed by atoms with Crippen molar-refractivity contribution in [3.05, 3.63) is 77.4 Å². The van der Waals surface area contributed by atoms with E-state index in [9.17, 15) is 19.2 Å². The standard InChI is InChI=1S/C51H66N2O12/c1-32(64-47(57)53-51-26-36-24-49(4,29-51)28-50(5,25-36)30-51)63-46(56)48(2,3)31-52-16-17-61-38-11-9-10-33(19-38)23-44(54)65-41-15-13-35(22-43(41)60-8)20-39-37(27-62-45(39)55)18-34-12-14-40(58-6)42(21-34)59-7/h9-15,19,21-22,32,36-37,39,52H,16-18,20,23-31H2,1-8H3,(H,53,57)/t32?,36?,37-,39+,49?,50?,51?/m0/s1. The summed E-state index contributed by atoms with van der Waals surface area (Å²) in [4.78, 5) is 52.1. The van der Waals surface area contributed by atoms with Gasteiger partial charge in [-0.3, -0.25) is 14.4 Å². The van der Waals surface area contributed by atoms with E-state index >= 15 is 0 Å². The fraction of sp³-hybridized carbons (Fsp3) is 0.569. The summed E-state index contributed by atoms with van der Waals surface area (Å²) in [5.74, 6) is 1.50. The lowest BCUT2D eigenvalue weighted by Crippen LogP contribution is -2.65. The van der Waals surface area contributed by atoms with Crippen LogP contribution >= 0.6 is 0 Å². The molecule has 5 atom stereocenters. The van der Waals surface area contributed by atoms with Crippen molar-refractivity contribution in [1.29, 1.82) is 0 Å². The zero-order chi connectivity index (χ0) is 46.6. The van der Waals surface area contributed by atoms with E-state index in [1.807, 2.05) is 30.3 Å². The highest BCUT2D eigenvalue weighted by atomic mass is 16.7. The summed E-state index contributed by atoms with van der Waals surface area (Å²) in [6, 6.07) is 18.2. The number of amides is 1. The summed E-state index contributed by atoms with van der Waals surface area (Å²) in [5, 5.41) is 6.46. The van der Waals surface area contributed by atoms with Crippen LogP contribution in [0, 0.1) is 34.0 Å². The number of carbonyl (C=O) groups is 4. The molecule has 4 bridgehead atoms. The number of benzene rings is 3. The van der Waals surface area contributed by atoms with Gasteiger partial charge in [0.05, 0.1) is 45.7 Å². The summed E-state index contributed by atoms with van der Waals surface area (Å²) < 4.78 is 44.7. The maximum atomic E-state index is 13.1. The minimum atomic E-state index is -1.04. The Bertz CT molecular complexity index is 2210. The number of ether oxygens (including phenoxy) is 8. The molecule has 4 saturated carbocycles. The average Bonchev–Trinajstić information content (AvgIpc) is 3.56. The lowest BCUT2D eigenvalue weighted by Gasteiger charge is -2.65. The van der Waals surface area contributed by atoms with Crippen LogP contribution in [-0.2, 0) is 47.9 Å². The molecule has 5 fully saturated rings. The predicted molar refractivity (Wildman–Crippen MR) is 241 cm³/mol. The molecule has 8 rings (SSSR count). The molecule has 1 aliphatic heterocycles. The maximum absolute atomic E-state index is 13.1. The third-order valence-electron chi connectivity index (χ3n) is 13.6. The minimum absolute atomic E-state index is 0.00753. The predicted octanol–water partition coefficient (Wildman–Crippen LogP) is 7.79.